The monoisotopic (exact) mass is 738 g/mol. The molecule has 3 aliphatic rings. The number of hydrogen-bond donors (Lipinski definition) is 4. The minimum Gasteiger partial charge on any atom is -0.351 e. The van der Waals surface area contributed by atoms with Crippen LogP contribution in [-0.2, 0) is 24.4 Å². The Bertz CT molecular complexity index is 1580. The van der Waals surface area contributed by atoms with Crippen molar-refractivity contribution in [3.05, 3.63) is 35.9 Å². The van der Waals surface area contributed by atoms with E-state index in [1.54, 1.807) is 20.8 Å². The smallest absolute Gasteiger partial charge is 0.315 e. The highest BCUT2D eigenvalue weighted by Gasteiger charge is 2.70. The average Bonchev–Trinajstić information content (AvgIpc) is 3.80. The highest BCUT2D eigenvalue weighted by Crippen LogP contribution is 2.65. The van der Waals surface area contributed by atoms with Gasteiger partial charge in [-0.1, -0.05) is 85.7 Å². The van der Waals surface area contributed by atoms with E-state index in [1.165, 1.54) is 11.9 Å². The van der Waals surface area contributed by atoms with Crippen molar-refractivity contribution in [3.8, 4) is 0 Å². The van der Waals surface area contributed by atoms with Crippen molar-refractivity contribution in [2.45, 2.75) is 111 Å². The number of benzene rings is 1. The van der Waals surface area contributed by atoms with E-state index in [2.05, 4.69) is 21.3 Å². The van der Waals surface area contributed by atoms with Crippen LogP contribution in [0.15, 0.2) is 30.3 Å². The lowest BCUT2D eigenvalue weighted by atomic mass is 9.85. The van der Waals surface area contributed by atoms with Gasteiger partial charge in [0.2, 0.25) is 34.2 Å². The quantitative estimate of drug-likeness (QED) is 0.244. The maximum atomic E-state index is 14.4. The third kappa shape index (κ3) is 9.57. The van der Waals surface area contributed by atoms with E-state index in [9.17, 15) is 36.4 Å². The van der Waals surface area contributed by atoms with Crippen LogP contribution in [0.4, 0.5) is 13.6 Å². The van der Waals surface area contributed by atoms with Gasteiger partial charge in [-0.25, -0.2) is 26.3 Å². The summed E-state index contributed by atoms with van der Waals surface area (Å²) in [6.07, 6.45) is -2.01. The van der Waals surface area contributed by atoms with E-state index in [1.807, 2.05) is 65.0 Å². The van der Waals surface area contributed by atoms with E-state index >= 15 is 0 Å². The number of nitrogens with zero attached hydrogens (tertiary/aromatic N) is 2. The molecule has 1 aliphatic heterocycles. The van der Waals surface area contributed by atoms with Gasteiger partial charge in [0.15, 0.2) is 0 Å². The first-order chi connectivity index (χ1) is 23.3. The van der Waals surface area contributed by atoms with E-state index in [0.29, 0.717) is 6.42 Å². The number of likely N-dealkylation sites (tertiary alicyclic amines) is 1. The Labute approximate surface area is 301 Å². The van der Waals surface area contributed by atoms with Crippen molar-refractivity contribution in [1.29, 1.82) is 0 Å². The maximum absolute atomic E-state index is 14.4. The molecule has 1 aromatic carbocycles. The Kier molecular flexibility index (Phi) is 11.6. The second kappa shape index (κ2) is 14.6. The molecule has 286 valence electrons. The molecule has 2 saturated carbocycles. The first kappa shape index (κ1) is 40.4. The molecule has 1 aromatic rings. The lowest BCUT2D eigenvalue weighted by Crippen LogP contribution is -2.62. The van der Waals surface area contributed by atoms with Gasteiger partial charge >= 0.3 is 6.03 Å². The molecule has 0 spiro atoms. The minimum atomic E-state index is -3.53. The van der Waals surface area contributed by atoms with Gasteiger partial charge in [-0.3, -0.25) is 14.4 Å². The highest BCUT2D eigenvalue weighted by atomic mass is 32.2. The van der Waals surface area contributed by atoms with Gasteiger partial charge in [0, 0.05) is 44.6 Å². The van der Waals surface area contributed by atoms with E-state index in [-0.39, 0.29) is 42.3 Å². The van der Waals surface area contributed by atoms with Crippen LogP contribution in [-0.4, -0.2) is 104 Å². The van der Waals surface area contributed by atoms with Crippen molar-refractivity contribution in [2.24, 2.45) is 28.1 Å². The summed E-state index contributed by atoms with van der Waals surface area (Å²) in [6.45, 7) is 15.1. The Balaban J connectivity index is 1.50. The molecule has 5 amide bonds. The molecule has 0 radical (unpaired) electrons. The fourth-order valence-electron chi connectivity index (χ4n) is 7.26. The van der Waals surface area contributed by atoms with Gasteiger partial charge in [0.1, 0.15) is 18.1 Å². The number of carbonyl (C=O) groups excluding carboxylic acids is 4. The summed E-state index contributed by atoms with van der Waals surface area (Å²) in [7, 11) is -2.11. The van der Waals surface area contributed by atoms with Crippen LogP contribution in [0.25, 0.3) is 0 Å². The van der Waals surface area contributed by atoms with Gasteiger partial charge in [-0.15, -0.1) is 0 Å². The lowest BCUT2D eigenvalue weighted by Gasteiger charge is -2.39. The van der Waals surface area contributed by atoms with Gasteiger partial charge in [0.05, 0.1) is 6.26 Å². The fourth-order valence-corrected chi connectivity index (χ4v) is 7.68. The molecular weight excluding hydrogens is 682 g/mol. The lowest BCUT2D eigenvalue weighted by molar-refractivity contribution is -0.144. The summed E-state index contributed by atoms with van der Waals surface area (Å²) in [5.74, 6) is -2.15. The molecule has 3 fully saturated rings. The summed E-state index contributed by atoms with van der Waals surface area (Å²) < 4.78 is 52.9. The van der Waals surface area contributed by atoms with E-state index in [4.69, 9.17) is 0 Å². The third-order valence-corrected chi connectivity index (χ3v) is 12.2. The molecule has 8 atom stereocenters. The molecule has 12 nitrogen and oxygen atoms in total. The number of rotatable bonds is 13. The zero-order valence-electron chi connectivity index (χ0n) is 31.4. The van der Waals surface area contributed by atoms with Crippen LogP contribution in [0, 0.1) is 28.1 Å². The largest absolute Gasteiger partial charge is 0.351 e. The van der Waals surface area contributed by atoms with Crippen LogP contribution in [0.3, 0.4) is 0 Å². The van der Waals surface area contributed by atoms with Crippen molar-refractivity contribution >= 4 is 33.8 Å². The fraction of sp³-hybridized carbons (Fsp3) is 0.722. The molecule has 4 N–H and O–H groups in total. The highest BCUT2D eigenvalue weighted by molar-refractivity contribution is 7.88. The summed E-state index contributed by atoms with van der Waals surface area (Å²) in [4.78, 5) is 56.6. The number of halogens is 2. The molecule has 51 heavy (non-hydrogen) atoms. The van der Waals surface area contributed by atoms with Gasteiger partial charge < -0.3 is 26.2 Å². The Morgan fingerprint density at radius 1 is 0.980 bits per heavy atom. The predicted molar refractivity (Wildman–Crippen MR) is 190 cm³/mol. The molecule has 2 aliphatic carbocycles. The second-order valence-corrected chi connectivity index (χ2v) is 19.4. The number of piperidine rings is 1. The summed E-state index contributed by atoms with van der Waals surface area (Å²) in [5.41, 5.74) is -0.642. The van der Waals surface area contributed by atoms with Gasteiger partial charge in [-0.2, -0.15) is 0 Å². The molecule has 1 saturated heterocycles. The standard InChI is InChI=1S/C36H56F2N6O6S/c1-34(2,3)25(19-43(9)51(10,49)50)41-33(48)42-29(35(4,5)6)32(47)44-18-22-27(36(22,7)8)28(44)31(46)40-24(17-26(37)38)30(45)39-23-16-21(23)20-14-12-11-13-15-20/h11-15,21-29H,16-19H2,1-10H3,(H,39,45)(H,40,46)(H2,41,42,48)/t21-,22+,23+,24+,25-,27+,28+,29-/m1/s1. The maximum Gasteiger partial charge on any atom is 0.315 e. The number of urea groups is 1. The topological polar surface area (TPSA) is 157 Å². The summed E-state index contributed by atoms with van der Waals surface area (Å²) in [5, 5.41) is 11.0. The minimum absolute atomic E-state index is 0.00227. The third-order valence-electron chi connectivity index (χ3n) is 10.9. The number of fused-ring (bicyclic) bond motifs is 1. The molecule has 0 unspecified atom stereocenters. The number of hydrogen-bond acceptors (Lipinski definition) is 6. The molecule has 15 heteroatoms. The average molecular weight is 739 g/mol. The van der Waals surface area contributed by atoms with Gasteiger partial charge in [0.25, 0.3) is 0 Å². The van der Waals surface area contributed by atoms with Crippen LogP contribution in [0.2, 0.25) is 0 Å². The molecule has 0 bridgehead atoms. The number of likely N-dealkylation sites (N-methyl/N-ethyl adjacent to an activating group) is 1. The van der Waals surface area contributed by atoms with Crippen LogP contribution in [0.1, 0.15) is 79.7 Å². The first-order valence-electron chi connectivity index (χ1n) is 17.6. The number of nitrogens with one attached hydrogen (secondary N) is 4. The zero-order chi connectivity index (χ0) is 38.4. The Hall–Kier alpha value is -3.33. The van der Waals surface area contributed by atoms with Crippen molar-refractivity contribution in [2.75, 3.05) is 26.4 Å². The van der Waals surface area contributed by atoms with Gasteiger partial charge in [-0.05, 0) is 40.1 Å². The number of alkyl halides is 2. The molecule has 0 aromatic heterocycles. The van der Waals surface area contributed by atoms with Crippen LogP contribution < -0.4 is 21.3 Å². The number of carbonyl (C=O) groups is 4. The zero-order valence-corrected chi connectivity index (χ0v) is 32.2. The Morgan fingerprint density at radius 3 is 2.12 bits per heavy atom. The van der Waals surface area contributed by atoms with E-state index < -0.39 is 81.6 Å². The number of sulfonamides is 1. The molecular formula is C36H56F2N6O6S. The first-order valence-corrected chi connectivity index (χ1v) is 19.4. The normalized spacial score (nSPS) is 25.8. The van der Waals surface area contributed by atoms with Crippen LogP contribution >= 0.6 is 0 Å². The molecule has 1 heterocycles. The van der Waals surface area contributed by atoms with Crippen molar-refractivity contribution in [3.63, 3.8) is 0 Å². The number of amides is 5. The van der Waals surface area contributed by atoms with Crippen molar-refractivity contribution in [1.82, 2.24) is 30.5 Å². The predicted octanol–water partition coefficient (Wildman–Crippen LogP) is 3.30. The summed E-state index contributed by atoms with van der Waals surface area (Å²) in [6, 6.07) is 4.37. The Morgan fingerprint density at radius 2 is 1.59 bits per heavy atom. The summed E-state index contributed by atoms with van der Waals surface area (Å²) >= 11 is 0. The van der Waals surface area contributed by atoms with Crippen LogP contribution in [0.5, 0.6) is 0 Å². The van der Waals surface area contributed by atoms with Crippen molar-refractivity contribution < 1.29 is 36.4 Å². The second-order valence-electron chi connectivity index (χ2n) is 17.3. The molecule has 4 rings (SSSR count). The van der Waals surface area contributed by atoms with E-state index in [0.717, 1.165) is 16.1 Å². The SMILES string of the molecule is CN(C[C@@H](NC(=O)N[C@H](C(=O)N1C[C@H]2[C@@H]([C@H]1C(=O)N[C@@H](CC(F)F)C(=O)N[C@H]1C[C@@H]1c1ccccc1)C2(C)C)C(C)(C)C)C(C)(C)C)S(C)(=O)=O.